The Bertz CT molecular complexity index is 920. The summed E-state index contributed by atoms with van der Waals surface area (Å²) >= 11 is 0. The van der Waals surface area contributed by atoms with Gasteiger partial charge < -0.3 is 19.0 Å². The van der Waals surface area contributed by atoms with E-state index >= 15 is 0 Å². The Balaban J connectivity index is 1.44. The van der Waals surface area contributed by atoms with Crippen molar-refractivity contribution in [1.82, 2.24) is 14.5 Å². The smallest absolute Gasteiger partial charge is 0.349 e. The Morgan fingerprint density at radius 2 is 2.00 bits per heavy atom. The molecule has 2 aromatic heterocycles. The number of amides is 1. The van der Waals surface area contributed by atoms with Gasteiger partial charge in [0.15, 0.2) is 0 Å². The Morgan fingerprint density at radius 3 is 2.54 bits per heavy atom. The summed E-state index contributed by atoms with van der Waals surface area (Å²) in [7, 11) is 1.86. The van der Waals surface area contributed by atoms with E-state index < -0.39 is 11.7 Å². The molecule has 7 heteroatoms. The van der Waals surface area contributed by atoms with Crippen LogP contribution in [0.5, 0.6) is 0 Å². The zero-order chi connectivity index (χ0) is 19.8. The van der Waals surface area contributed by atoms with Crippen molar-refractivity contribution in [3.8, 4) is 0 Å². The maximum Gasteiger partial charge on any atom is 0.349 e. The van der Waals surface area contributed by atoms with Gasteiger partial charge in [-0.3, -0.25) is 4.79 Å². The lowest BCUT2D eigenvalue weighted by molar-refractivity contribution is 0.0417. The number of carbonyl (C=O) groups is 1. The number of hydrogen-bond donors (Lipinski definition) is 1. The predicted molar refractivity (Wildman–Crippen MR) is 103 cm³/mol. The molecule has 1 atom stereocenters. The van der Waals surface area contributed by atoms with Crippen molar-refractivity contribution >= 4 is 5.91 Å². The molecule has 0 bridgehead atoms. The predicted octanol–water partition coefficient (Wildman–Crippen LogP) is 2.54. The molecule has 1 N–H and O–H groups in total. The largest absolute Gasteiger partial charge is 0.427 e. The summed E-state index contributed by atoms with van der Waals surface area (Å²) in [5.74, 6) is 1.45. The van der Waals surface area contributed by atoms with Crippen LogP contribution in [0.15, 0.2) is 27.7 Å². The van der Waals surface area contributed by atoms with Crippen LogP contribution in [-0.4, -0.2) is 38.6 Å². The molecule has 1 saturated heterocycles. The molecule has 2 aromatic rings. The molecule has 0 radical (unpaired) electrons. The van der Waals surface area contributed by atoms with Crippen molar-refractivity contribution in [1.29, 1.82) is 0 Å². The van der Waals surface area contributed by atoms with E-state index in [1.165, 1.54) is 0 Å². The van der Waals surface area contributed by atoms with Gasteiger partial charge in [0.05, 0.1) is 0 Å². The topological polar surface area (TPSA) is 88.6 Å². The average Bonchev–Trinajstić information content (AvgIpc) is 3.05. The van der Waals surface area contributed by atoms with Crippen LogP contribution in [0.2, 0.25) is 0 Å². The number of aliphatic hydroxyl groups is 1. The summed E-state index contributed by atoms with van der Waals surface area (Å²) in [4.78, 5) is 31.4. The van der Waals surface area contributed by atoms with Crippen LogP contribution in [0.3, 0.4) is 0 Å². The Labute approximate surface area is 164 Å². The molecule has 0 aromatic carbocycles. The monoisotopic (exact) mass is 385 g/mol. The van der Waals surface area contributed by atoms with E-state index in [9.17, 15) is 14.7 Å². The third-order valence-electron chi connectivity index (χ3n) is 6.29. The maximum absolute atomic E-state index is 13.0. The average molecular weight is 385 g/mol. The first-order valence-corrected chi connectivity index (χ1v) is 10.0. The second kappa shape index (κ2) is 7.54. The van der Waals surface area contributed by atoms with Gasteiger partial charge in [0.2, 0.25) is 0 Å². The summed E-state index contributed by atoms with van der Waals surface area (Å²) in [6.07, 6.45) is 7.43. The summed E-state index contributed by atoms with van der Waals surface area (Å²) in [6, 6.07) is 1.86. The molecule has 1 saturated carbocycles. The van der Waals surface area contributed by atoms with Gasteiger partial charge in [-0.25, -0.2) is 9.78 Å². The fraction of sp³-hybridized carbons (Fsp3) is 0.571. The number of carbonyl (C=O) groups excluding carboxylic acids is 1. The molecule has 4 rings (SSSR count). The second-order valence-electron chi connectivity index (χ2n) is 8.09. The number of aryl methyl sites for hydroxylation is 2. The van der Waals surface area contributed by atoms with Gasteiger partial charge >= 0.3 is 5.63 Å². The van der Waals surface area contributed by atoms with Crippen LogP contribution in [-0.2, 0) is 7.05 Å². The molecule has 150 valence electrons. The molecule has 1 amide bonds. The van der Waals surface area contributed by atoms with Crippen LogP contribution in [0, 0.1) is 12.8 Å². The van der Waals surface area contributed by atoms with Gasteiger partial charge in [-0.2, -0.15) is 0 Å². The van der Waals surface area contributed by atoms with E-state index in [1.54, 1.807) is 11.1 Å². The first-order valence-electron chi connectivity index (χ1n) is 10.0. The Hall–Kier alpha value is -2.41. The number of rotatable bonds is 4. The normalized spacial score (nSPS) is 19.5. The fourth-order valence-electron chi connectivity index (χ4n) is 4.23. The van der Waals surface area contributed by atoms with Crippen molar-refractivity contribution in [2.24, 2.45) is 13.0 Å². The first kappa shape index (κ1) is 18.9. The van der Waals surface area contributed by atoms with Gasteiger partial charge in [0.1, 0.15) is 23.3 Å². The van der Waals surface area contributed by atoms with Crippen LogP contribution in [0.1, 0.15) is 71.6 Å². The number of hydrogen-bond acceptors (Lipinski definition) is 5. The molecular weight excluding hydrogens is 358 g/mol. The van der Waals surface area contributed by atoms with Crippen LogP contribution >= 0.6 is 0 Å². The lowest BCUT2D eigenvalue weighted by Gasteiger charge is -2.34. The van der Waals surface area contributed by atoms with Crippen molar-refractivity contribution in [3.63, 3.8) is 0 Å². The number of imidazole rings is 1. The molecular formula is C21H27N3O4. The highest BCUT2D eigenvalue weighted by Gasteiger charge is 2.32. The molecule has 0 spiro atoms. The fourth-order valence-corrected chi connectivity index (χ4v) is 4.23. The SMILES string of the molecule is Cc1cc(C2CCC2)oc(=O)c1C(=O)N1CCC(C(O)c2nccn2C)CC1. The van der Waals surface area contributed by atoms with Crippen molar-refractivity contribution in [2.45, 2.75) is 51.0 Å². The molecule has 1 aliphatic heterocycles. The number of piperidine rings is 1. The van der Waals surface area contributed by atoms with Gasteiger partial charge in [-0.15, -0.1) is 0 Å². The molecule has 3 heterocycles. The second-order valence-corrected chi connectivity index (χ2v) is 8.09. The summed E-state index contributed by atoms with van der Waals surface area (Å²) in [6.45, 7) is 2.83. The zero-order valence-corrected chi connectivity index (χ0v) is 16.4. The van der Waals surface area contributed by atoms with Crippen LogP contribution in [0.25, 0.3) is 0 Å². The minimum absolute atomic E-state index is 0.0450. The zero-order valence-electron chi connectivity index (χ0n) is 16.4. The summed E-state index contributed by atoms with van der Waals surface area (Å²) in [5, 5.41) is 10.6. The highest BCUT2D eigenvalue weighted by atomic mass is 16.4. The van der Waals surface area contributed by atoms with Gasteiger partial charge in [0, 0.05) is 38.4 Å². The van der Waals surface area contributed by atoms with Crippen LogP contribution < -0.4 is 5.63 Å². The lowest BCUT2D eigenvalue weighted by atomic mass is 9.83. The summed E-state index contributed by atoms with van der Waals surface area (Å²) in [5.41, 5.74) is 0.312. The molecule has 7 nitrogen and oxygen atoms in total. The third kappa shape index (κ3) is 3.39. The first-order chi connectivity index (χ1) is 13.5. The maximum atomic E-state index is 13.0. The number of aromatic nitrogens is 2. The molecule has 28 heavy (non-hydrogen) atoms. The standard InChI is InChI=1S/C21H27N3O4/c1-13-12-16(14-4-3-5-14)28-21(27)17(13)20(26)24-9-6-15(7-10-24)18(25)19-22-8-11-23(19)2/h8,11-12,14-15,18,25H,3-7,9-10H2,1-2H3. The van der Waals surface area contributed by atoms with E-state index in [-0.39, 0.29) is 17.4 Å². The molecule has 2 fully saturated rings. The van der Waals surface area contributed by atoms with E-state index in [4.69, 9.17) is 4.42 Å². The third-order valence-corrected chi connectivity index (χ3v) is 6.29. The van der Waals surface area contributed by atoms with Crippen LogP contribution in [0.4, 0.5) is 0 Å². The lowest BCUT2D eigenvalue weighted by Crippen LogP contribution is -2.42. The Morgan fingerprint density at radius 1 is 1.29 bits per heavy atom. The Kier molecular flexibility index (Phi) is 5.10. The van der Waals surface area contributed by atoms with Crippen molar-refractivity contribution in [2.75, 3.05) is 13.1 Å². The minimum Gasteiger partial charge on any atom is -0.427 e. The molecule has 1 unspecified atom stereocenters. The van der Waals surface area contributed by atoms with Crippen molar-refractivity contribution < 1.29 is 14.3 Å². The highest BCUT2D eigenvalue weighted by Crippen LogP contribution is 2.36. The van der Waals surface area contributed by atoms with E-state index in [2.05, 4.69) is 4.98 Å². The van der Waals surface area contributed by atoms with Gasteiger partial charge in [0.25, 0.3) is 5.91 Å². The number of likely N-dealkylation sites (tertiary alicyclic amines) is 1. The minimum atomic E-state index is -0.647. The van der Waals surface area contributed by atoms with E-state index in [0.29, 0.717) is 49.0 Å². The van der Waals surface area contributed by atoms with Gasteiger partial charge in [-0.1, -0.05) is 6.42 Å². The van der Waals surface area contributed by atoms with E-state index in [1.807, 2.05) is 30.8 Å². The number of aliphatic hydroxyl groups excluding tert-OH is 1. The van der Waals surface area contributed by atoms with Gasteiger partial charge in [-0.05, 0) is 50.2 Å². The van der Waals surface area contributed by atoms with Crippen molar-refractivity contribution in [3.05, 3.63) is 51.6 Å². The number of nitrogens with zero attached hydrogens (tertiary/aromatic N) is 3. The molecule has 1 aliphatic carbocycles. The summed E-state index contributed by atoms with van der Waals surface area (Å²) < 4.78 is 7.29. The molecule has 2 aliphatic rings. The highest BCUT2D eigenvalue weighted by molar-refractivity contribution is 5.95. The quantitative estimate of drug-likeness (QED) is 0.874. The van der Waals surface area contributed by atoms with E-state index in [0.717, 1.165) is 19.3 Å².